The van der Waals surface area contributed by atoms with Gasteiger partial charge in [0.1, 0.15) is 0 Å². The van der Waals surface area contributed by atoms with E-state index in [1.54, 1.807) is 0 Å². The quantitative estimate of drug-likeness (QED) is 0.749. The summed E-state index contributed by atoms with van der Waals surface area (Å²) >= 11 is 0. The van der Waals surface area contributed by atoms with E-state index in [0.29, 0.717) is 5.92 Å². The fraction of sp³-hybridized carbons (Fsp3) is 0.318. The van der Waals surface area contributed by atoms with Crippen LogP contribution in [0.3, 0.4) is 0 Å². The van der Waals surface area contributed by atoms with E-state index in [0.717, 1.165) is 54.4 Å². The number of amides is 1. The third kappa shape index (κ3) is 3.32. The molecule has 0 bridgehead atoms. The maximum Gasteiger partial charge on any atom is 0.254 e. The molecule has 0 unspecified atom stereocenters. The Hall–Kier alpha value is -2.55. The number of piperidine rings is 1. The van der Waals surface area contributed by atoms with Gasteiger partial charge in [-0.1, -0.05) is 30.3 Å². The number of aromatic nitrogens is 1. The van der Waals surface area contributed by atoms with Gasteiger partial charge in [-0.3, -0.25) is 4.79 Å². The first-order chi connectivity index (χ1) is 12.2. The number of rotatable bonds is 3. The first-order valence-corrected chi connectivity index (χ1v) is 9.11. The van der Waals surface area contributed by atoms with Gasteiger partial charge >= 0.3 is 0 Å². The molecule has 1 amide bonds. The second-order valence-corrected chi connectivity index (χ2v) is 7.16. The van der Waals surface area contributed by atoms with Crippen molar-refractivity contribution in [2.75, 3.05) is 13.1 Å². The molecule has 1 aliphatic rings. The van der Waals surface area contributed by atoms with Gasteiger partial charge in [0.15, 0.2) is 0 Å². The SMILES string of the molecule is Cc1cc2[nH]ccc2cc1C(=O)N1CCC(Cc2ccccc2)CC1. The lowest BCUT2D eigenvalue weighted by atomic mass is 9.90. The molecular weight excluding hydrogens is 308 g/mol. The Balaban J connectivity index is 1.43. The summed E-state index contributed by atoms with van der Waals surface area (Å²) in [5.41, 5.74) is 4.39. The third-order valence-electron chi connectivity index (χ3n) is 5.40. The Bertz CT molecular complexity index is 873. The molecule has 4 rings (SSSR count). The molecule has 128 valence electrons. The van der Waals surface area contributed by atoms with Crippen molar-refractivity contribution in [1.82, 2.24) is 9.88 Å². The number of H-pyrrole nitrogens is 1. The van der Waals surface area contributed by atoms with Crippen LogP contribution in [-0.4, -0.2) is 28.9 Å². The Kier molecular flexibility index (Phi) is 4.31. The van der Waals surface area contributed by atoms with Gasteiger partial charge in [0.2, 0.25) is 0 Å². The number of benzene rings is 2. The van der Waals surface area contributed by atoms with Crippen molar-refractivity contribution in [2.24, 2.45) is 5.92 Å². The lowest BCUT2D eigenvalue weighted by molar-refractivity contribution is 0.0690. The van der Waals surface area contributed by atoms with Crippen molar-refractivity contribution in [1.29, 1.82) is 0 Å². The molecular formula is C22H24N2O. The molecule has 3 heteroatoms. The minimum atomic E-state index is 0.179. The lowest BCUT2D eigenvalue weighted by Gasteiger charge is -2.32. The number of carbonyl (C=O) groups is 1. The minimum absolute atomic E-state index is 0.179. The van der Waals surface area contributed by atoms with Crippen LogP contribution in [0.5, 0.6) is 0 Å². The first kappa shape index (κ1) is 15.9. The number of nitrogens with one attached hydrogen (secondary N) is 1. The summed E-state index contributed by atoms with van der Waals surface area (Å²) in [6.45, 7) is 3.75. The summed E-state index contributed by atoms with van der Waals surface area (Å²) in [5.74, 6) is 0.860. The highest BCUT2D eigenvalue weighted by Gasteiger charge is 2.24. The molecule has 0 aliphatic carbocycles. The molecule has 1 aliphatic heterocycles. The van der Waals surface area contributed by atoms with Crippen LogP contribution in [0.4, 0.5) is 0 Å². The van der Waals surface area contributed by atoms with Crippen molar-refractivity contribution in [2.45, 2.75) is 26.2 Å². The molecule has 2 heterocycles. The van der Waals surface area contributed by atoms with E-state index in [2.05, 4.69) is 41.4 Å². The molecule has 1 fully saturated rings. The van der Waals surface area contributed by atoms with Gasteiger partial charge in [-0.25, -0.2) is 0 Å². The van der Waals surface area contributed by atoms with Crippen LogP contribution >= 0.6 is 0 Å². The summed E-state index contributed by atoms with van der Waals surface area (Å²) in [7, 11) is 0. The highest BCUT2D eigenvalue weighted by molar-refractivity contribution is 5.99. The molecule has 0 atom stereocenters. The number of nitrogens with zero attached hydrogens (tertiary/aromatic N) is 1. The number of fused-ring (bicyclic) bond motifs is 1. The number of hydrogen-bond donors (Lipinski definition) is 1. The molecule has 1 aromatic heterocycles. The van der Waals surface area contributed by atoms with Crippen molar-refractivity contribution < 1.29 is 4.79 Å². The van der Waals surface area contributed by atoms with E-state index in [4.69, 9.17) is 0 Å². The summed E-state index contributed by atoms with van der Waals surface area (Å²) < 4.78 is 0. The van der Waals surface area contributed by atoms with Crippen molar-refractivity contribution in [3.05, 3.63) is 71.4 Å². The molecule has 0 saturated carbocycles. The van der Waals surface area contributed by atoms with Gasteiger partial charge in [-0.15, -0.1) is 0 Å². The van der Waals surface area contributed by atoms with E-state index in [1.807, 2.05) is 30.2 Å². The molecule has 25 heavy (non-hydrogen) atoms. The molecule has 0 radical (unpaired) electrons. The average Bonchev–Trinajstić information content (AvgIpc) is 3.09. The second-order valence-electron chi connectivity index (χ2n) is 7.16. The fourth-order valence-electron chi connectivity index (χ4n) is 3.90. The topological polar surface area (TPSA) is 36.1 Å². The minimum Gasteiger partial charge on any atom is -0.361 e. The van der Waals surface area contributed by atoms with E-state index in [1.165, 1.54) is 5.56 Å². The zero-order valence-corrected chi connectivity index (χ0v) is 14.7. The molecule has 2 aromatic carbocycles. The Morgan fingerprint density at radius 2 is 1.88 bits per heavy atom. The standard InChI is InChI=1S/C22H24N2O/c1-16-13-21-19(7-10-23-21)15-20(16)22(25)24-11-8-18(9-12-24)14-17-5-3-2-4-6-17/h2-7,10,13,15,18,23H,8-9,11-12,14H2,1H3. The molecule has 1 saturated heterocycles. The van der Waals surface area contributed by atoms with E-state index in [-0.39, 0.29) is 5.91 Å². The summed E-state index contributed by atoms with van der Waals surface area (Å²) in [6.07, 6.45) is 5.23. The monoisotopic (exact) mass is 332 g/mol. The van der Waals surface area contributed by atoms with E-state index >= 15 is 0 Å². The van der Waals surface area contributed by atoms with Crippen LogP contribution in [0.25, 0.3) is 10.9 Å². The van der Waals surface area contributed by atoms with Gasteiger partial charge in [0.05, 0.1) is 0 Å². The van der Waals surface area contributed by atoms with Crippen LogP contribution in [0, 0.1) is 12.8 Å². The Morgan fingerprint density at radius 3 is 2.64 bits per heavy atom. The Labute approximate surface area is 148 Å². The summed E-state index contributed by atoms with van der Waals surface area (Å²) in [5, 5.41) is 1.10. The smallest absolute Gasteiger partial charge is 0.254 e. The highest BCUT2D eigenvalue weighted by atomic mass is 16.2. The van der Waals surface area contributed by atoms with E-state index in [9.17, 15) is 4.79 Å². The van der Waals surface area contributed by atoms with Gasteiger partial charge in [-0.05, 0) is 61.4 Å². The normalized spacial score (nSPS) is 15.6. The largest absolute Gasteiger partial charge is 0.361 e. The summed E-state index contributed by atoms with van der Waals surface area (Å²) in [4.78, 5) is 18.2. The van der Waals surface area contributed by atoms with Crippen LogP contribution < -0.4 is 0 Å². The predicted octanol–water partition coefficient (Wildman–Crippen LogP) is 4.57. The van der Waals surface area contributed by atoms with Crippen LogP contribution in [0.2, 0.25) is 0 Å². The van der Waals surface area contributed by atoms with Gasteiger partial charge < -0.3 is 9.88 Å². The molecule has 1 N–H and O–H groups in total. The van der Waals surface area contributed by atoms with Gasteiger partial charge in [0.25, 0.3) is 5.91 Å². The number of aromatic amines is 1. The molecule has 0 spiro atoms. The van der Waals surface area contributed by atoms with Crippen molar-refractivity contribution in [3.63, 3.8) is 0 Å². The lowest BCUT2D eigenvalue weighted by Crippen LogP contribution is -2.39. The second kappa shape index (κ2) is 6.75. The van der Waals surface area contributed by atoms with Crippen molar-refractivity contribution in [3.8, 4) is 0 Å². The Morgan fingerprint density at radius 1 is 1.12 bits per heavy atom. The zero-order chi connectivity index (χ0) is 17.2. The average molecular weight is 332 g/mol. The van der Waals surface area contributed by atoms with Gasteiger partial charge in [-0.2, -0.15) is 0 Å². The molecule has 3 aromatic rings. The van der Waals surface area contributed by atoms with Crippen molar-refractivity contribution >= 4 is 16.8 Å². The maximum absolute atomic E-state index is 13.0. The number of carbonyl (C=O) groups excluding carboxylic acids is 1. The van der Waals surface area contributed by atoms with Crippen LogP contribution in [0.1, 0.15) is 34.3 Å². The third-order valence-corrected chi connectivity index (χ3v) is 5.40. The number of hydrogen-bond acceptors (Lipinski definition) is 1. The number of likely N-dealkylation sites (tertiary alicyclic amines) is 1. The van der Waals surface area contributed by atoms with E-state index < -0.39 is 0 Å². The fourth-order valence-corrected chi connectivity index (χ4v) is 3.90. The van der Waals surface area contributed by atoms with Crippen LogP contribution in [-0.2, 0) is 6.42 Å². The predicted molar refractivity (Wildman–Crippen MR) is 102 cm³/mol. The maximum atomic E-state index is 13.0. The zero-order valence-electron chi connectivity index (χ0n) is 14.7. The number of aryl methyl sites for hydroxylation is 1. The van der Waals surface area contributed by atoms with Gasteiger partial charge in [0, 0.05) is 35.8 Å². The first-order valence-electron chi connectivity index (χ1n) is 9.11. The highest BCUT2D eigenvalue weighted by Crippen LogP contribution is 2.25. The van der Waals surface area contributed by atoms with Crippen LogP contribution in [0.15, 0.2) is 54.7 Å². The summed E-state index contributed by atoms with van der Waals surface area (Å²) in [6, 6.07) is 16.8. The molecule has 3 nitrogen and oxygen atoms in total.